The van der Waals surface area contributed by atoms with E-state index in [2.05, 4.69) is 15.2 Å². The average Bonchev–Trinajstić information content (AvgIpc) is 2.70. The minimum Gasteiger partial charge on any atom is -0.491 e. The Balaban J connectivity index is 1.83. The van der Waals surface area contributed by atoms with E-state index in [0.29, 0.717) is 6.61 Å². The van der Waals surface area contributed by atoms with Crippen LogP contribution in [0.25, 0.3) is 0 Å². The van der Waals surface area contributed by atoms with Crippen LogP contribution in [0.1, 0.15) is 32.3 Å². The molecule has 1 aliphatic rings. The predicted molar refractivity (Wildman–Crippen MR) is 110 cm³/mol. The fourth-order valence-electron chi connectivity index (χ4n) is 3.16. The zero-order chi connectivity index (χ0) is 20.4. The zero-order valence-electron chi connectivity index (χ0n) is 17.2. The molecule has 0 amide bonds. The van der Waals surface area contributed by atoms with Crippen LogP contribution in [0.2, 0.25) is 0 Å². The van der Waals surface area contributed by atoms with E-state index in [0.717, 1.165) is 49.7 Å². The first-order chi connectivity index (χ1) is 13.5. The summed E-state index contributed by atoms with van der Waals surface area (Å²) >= 11 is 0. The van der Waals surface area contributed by atoms with Gasteiger partial charge in [0.25, 0.3) is 0 Å². The van der Waals surface area contributed by atoms with Gasteiger partial charge in [-0.25, -0.2) is 0 Å². The third-order valence-electron chi connectivity index (χ3n) is 4.63. The highest BCUT2D eigenvalue weighted by molar-refractivity contribution is 5.80. The van der Waals surface area contributed by atoms with E-state index < -0.39 is 6.10 Å². The van der Waals surface area contributed by atoms with Gasteiger partial charge in [0.1, 0.15) is 18.5 Å². The van der Waals surface area contributed by atoms with Crippen molar-refractivity contribution in [3.05, 3.63) is 29.8 Å². The lowest BCUT2D eigenvalue weighted by Gasteiger charge is -2.33. The van der Waals surface area contributed by atoms with Crippen molar-refractivity contribution >= 4 is 11.9 Å². The smallest absolute Gasteiger partial charge is 0.309 e. The van der Waals surface area contributed by atoms with Gasteiger partial charge in [0.15, 0.2) is 5.96 Å². The summed E-state index contributed by atoms with van der Waals surface area (Å²) in [6, 6.07) is 7.74. The van der Waals surface area contributed by atoms with Gasteiger partial charge in [-0.1, -0.05) is 12.1 Å². The lowest BCUT2D eigenvalue weighted by Crippen LogP contribution is -2.47. The van der Waals surface area contributed by atoms with E-state index in [1.165, 1.54) is 0 Å². The molecule has 1 saturated heterocycles. The van der Waals surface area contributed by atoms with Gasteiger partial charge in [-0.3, -0.25) is 9.79 Å². The highest BCUT2D eigenvalue weighted by Gasteiger charge is 2.27. The molecule has 2 rings (SSSR count). The number of ether oxygens (including phenoxy) is 2. The third-order valence-corrected chi connectivity index (χ3v) is 4.63. The molecule has 0 aliphatic carbocycles. The topological polar surface area (TPSA) is 83.4 Å². The number of likely N-dealkylation sites (tertiary alicyclic amines) is 1. The second-order valence-corrected chi connectivity index (χ2v) is 6.99. The Morgan fingerprint density at radius 1 is 1.36 bits per heavy atom. The highest BCUT2D eigenvalue weighted by atomic mass is 16.5. The molecule has 156 valence electrons. The molecule has 28 heavy (non-hydrogen) atoms. The number of hydrogen-bond donors (Lipinski definition) is 2. The first-order valence-electron chi connectivity index (χ1n) is 10.1. The molecule has 0 bridgehead atoms. The number of aliphatic imine (C=N–C) groups is 1. The Hall–Kier alpha value is -2.28. The number of esters is 1. The zero-order valence-corrected chi connectivity index (χ0v) is 17.2. The molecule has 0 spiro atoms. The second kappa shape index (κ2) is 11.5. The maximum atomic E-state index is 11.9. The number of aryl methyl sites for hydroxylation is 1. The molecule has 1 atom stereocenters. The Morgan fingerprint density at radius 2 is 2.11 bits per heavy atom. The number of carbonyl (C=O) groups is 1. The molecule has 0 radical (unpaired) electrons. The van der Waals surface area contributed by atoms with Crippen LogP contribution in [0.5, 0.6) is 5.75 Å². The number of guanidine groups is 1. The van der Waals surface area contributed by atoms with Crippen LogP contribution >= 0.6 is 0 Å². The molecule has 0 saturated carbocycles. The first-order valence-corrected chi connectivity index (χ1v) is 10.1. The Labute approximate surface area is 167 Å². The summed E-state index contributed by atoms with van der Waals surface area (Å²) in [5, 5.41) is 13.5. The van der Waals surface area contributed by atoms with Crippen molar-refractivity contribution in [3.8, 4) is 5.75 Å². The Kier molecular flexibility index (Phi) is 9.07. The van der Waals surface area contributed by atoms with E-state index in [9.17, 15) is 9.90 Å². The molecule has 0 aromatic heterocycles. The molecule has 1 heterocycles. The van der Waals surface area contributed by atoms with Crippen molar-refractivity contribution in [2.45, 2.75) is 39.7 Å². The summed E-state index contributed by atoms with van der Waals surface area (Å²) in [6.45, 7) is 8.94. The van der Waals surface area contributed by atoms with Crippen LogP contribution in [0.3, 0.4) is 0 Å². The predicted octanol–water partition coefficient (Wildman–Crippen LogP) is 1.98. The van der Waals surface area contributed by atoms with E-state index in [-0.39, 0.29) is 25.0 Å². The average molecular weight is 392 g/mol. The van der Waals surface area contributed by atoms with Gasteiger partial charge in [-0.2, -0.15) is 0 Å². The van der Waals surface area contributed by atoms with Gasteiger partial charge in [-0.15, -0.1) is 0 Å². The van der Waals surface area contributed by atoms with Crippen LogP contribution in [-0.4, -0.2) is 67.4 Å². The lowest BCUT2D eigenvalue weighted by atomic mass is 9.97. The van der Waals surface area contributed by atoms with Crippen molar-refractivity contribution < 1.29 is 19.4 Å². The minimum atomic E-state index is -0.689. The second-order valence-electron chi connectivity index (χ2n) is 6.99. The van der Waals surface area contributed by atoms with E-state index in [4.69, 9.17) is 9.47 Å². The van der Waals surface area contributed by atoms with Crippen LogP contribution in [0.4, 0.5) is 0 Å². The number of carbonyl (C=O) groups excluding carboxylic acids is 1. The molecule has 1 aromatic rings. The Bertz CT molecular complexity index is 642. The monoisotopic (exact) mass is 391 g/mol. The number of piperidine rings is 1. The minimum absolute atomic E-state index is 0.0348. The fraction of sp³-hybridized carbons (Fsp3) is 0.619. The number of aliphatic hydroxyl groups is 1. The molecular formula is C21H33N3O4. The molecule has 1 unspecified atom stereocenters. The van der Waals surface area contributed by atoms with Crippen molar-refractivity contribution in [3.63, 3.8) is 0 Å². The third kappa shape index (κ3) is 7.03. The largest absolute Gasteiger partial charge is 0.491 e. The molecule has 1 aliphatic heterocycles. The van der Waals surface area contributed by atoms with Crippen LogP contribution < -0.4 is 10.1 Å². The highest BCUT2D eigenvalue weighted by Crippen LogP contribution is 2.19. The maximum absolute atomic E-state index is 11.9. The normalized spacial score (nSPS) is 16.6. The van der Waals surface area contributed by atoms with E-state index in [1.54, 1.807) is 0 Å². The summed E-state index contributed by atoms with van der Waals surface area (Å²) in [7, 11) is 0. The van der Waals surface area contributed by atoms with Crippen molar-refractivity contribution in [1.82, 2.24) is 10.2 Å². The van der Waals surface area contributed by atoms with Gasteiger partial charge in [0.2, 0.25) is 0 Å². The molecule has 2 N–H and O–H groups in total. The van der Waals surface area contributed by atoms with Gasteiger partial charge < -0.3 is 24.8 Å². The summed E-state index contributed by atoms with van der Waals surface area (Å²) in [6.07, 6.45) is 0.816. The number of nitrogens with one attached hydrogen (secondary N) is 1. The quantitative estimate of drug-likeness (QED) is 0.401. The van der Waals surface area contributed by atoms with Crippen molar-refractivity contribution in [2.24, 2.45) is 10.9 Å². The maximum Gasteiger partial charge on any atom is 0.309 e. The lowest BCUT2D eigenvalue weighted by molar-refractivity contribution is -0.149. The number of aliphatic hydroxyl groups excluding tert-OH is 1. The Morgan fingerprint density at radius 3 is 2.75 bits per heavy atom. The van der Waals surface area contributed by atoms with Crippen LogP contribution in [-0.2, 0) is 9.53 Å². The van der Waals surface area contributed by atoms with Crippen LogP contribution in [0, 0.1) is 12.8 Å². The summed E-state index contributed by atoms with van der Waals surface area (Å²) < 4.78 is 10.8. The molecule has 1 fully saturated rings. The van der Waals surface area contributed by atoms with E-state index >= 15 is 0 Å². The number of rotatable bonds is 8. The van der Waals surface area contributed by atoms with Crippen molar-refractivity contribution in [1.29, 1.82) is 0 Å². The molecule has 7 nitrogen and oxygen atoms in total. The number of nitrogens with zero attached hydrogens (tertiary/aromatic N) is 2. The van der Waals surface area contributed by atoms with Gasteiger partial charge in [-0.05, 0) is 51.3 Å². The van der Waals surface area contributed by atoms with Crippen LogP contribution in [0.15, 0.2) is 29.3 Å². The molecule has 1 aromatic carbocycles. The fourth-order valence-corrected chi connectivity index (χ4v) is 3.16. The number of benzene rings is 1. The van der Waals surface area contributed by atoms with E-state index in [1.807, 2.05) is 45.0 Å². The van der Waals surface area contributed by atoms with Crippen molar-refractivity contribution in [2.75, 3.05) is 39.4 Å². The summed E-state index contributed by atoms with van der Waals surface area (Å²) in [5.41, 5.74) is 1.12. The number of hydrogen-bond acceptors (Lipinski definition) is 5. The van der Waals surface area contributed by atoms with Gasteiger partial charge in [0, 0.05) is 19.6 Å². The molecule has 7 heteroatoms. The standard InChI is InChI=1S/C21H33N3O4/c1-4-22-21(24-11-9-17(10-12-24)20(26)27-5-2)23-14-18(25)15-28-19-8-6-7-16(3)13-19/h6-8,13,17-18,25H,4-5,9-12,14-15H2,1-3H3,(H,22,23). The van der Waals surface area contributed by atoms with Gasteiger partial charge in [0.05, 0.1) is 19.1 Å². The summed E-state index contributed by atoms with van der Waals surface area (Å²) in [4.78, 5) is 18.6. The SMILES string of the molecule is CCNC(=NCC(O)COc1cccc(C)c1)N1CCC(C(=O)OCC)CC1. The molecular weight excluding hydrogens is 358 g/mol. The van der Waals surface area contributed by atoms with Gasteiger partial charge >= 0.3 is 5.97 Å². The first kappa shape index (κ1) is 22.0. The summed E-state index contributed by atoms with van der Waals surface area (Å²) in [5.74, 6) is 1.37.